The van der Waals surface area contributed by atoms with E-state index < -0.39 is 22.8 Å². The van der Waals surface area contributed by atoms with Crippen LogP contribution in [0.15, 0.2) is 12.1 Å². The van der Waals surface area contributed by atoms with Crippen molar-refractivity contribution in [2.24, 2.45) is 0 Å². The average Bonchev–Trinajstić information content (AvgIpc) is 2.48. The van der Waals surface area contributed by atoms with E-state index in [4.69, 9.17) is 0 Å². The smallest absolute Gasteiger partial charge is 0.261 e. The summed E-state index contributed by atoms with van der Waals surface area (Å²) in [6, 6.07) is 3.18. The summed E-state index contributed by atoms with van der Waals surface area (Å²) in [5.74, 6) is -1.69. The Bertz CT molecular complexity index is 598. The number of rotatable bonds is 0. The highest BCUT2D eigenvalue weighted by Crippen LogP contribution is 2.35. The van der Waals surface area contributed by atoms with Crippen molar-refractivity contribution >= 4 is 11.9 Å². The lowest BCUT2D eigenvalue weighted by atomic mass is 9.76. The third kappa shape index (κ3) is 3.90. The van der Waals surface area contributed by atoms with Crippen molar-refractivity contribution in [3.63, 3.8) is 0 Å². The predicted molar refractivity (Wildman–Crippen MR) is 79.0 cm³/mol. The molecule has 0 N–H and O–H groups in total. The molecule has 1 aromatic rings. The van der Waals surface area contributed by atoms with Crippen molar-refractivity contribution in [2.75, 3.05) is 0 Å². The molecule has 0 amide bonds. The number of hydrogen-bond donors (Lipinski definition) is 0. The van der Waals surface area contributed by atoms with Gasteiger partial charge in [0.25, 0.3) is 0 Å². The molecule has 0 spiro atoms. The van der Waals surface area contributed by atoms with Gasteiger partial charge in [-0.3, -0.25) is 9.78 Å². The maximum atomic E-state index is 12.3. The van der Waals surface area contributed by atoms with Gasteiger partial charge in [-0.25, -0.2) is 9.59 Å². The summed E-state index contributed by atoms with van der Waals surface area (Å²) < 4.78 is 0. The molecule has 0 atom stereocenters. The van der Waals surface area contributed by atoms with Gasteiger partial charge in [0.2, 0.25) is 0 Å². The lowest BCUT2D eigenvalue weighted by Gasteiger charge is -2.28. The van der Waals surface area contributed by atoms with Gasteiger partial charge in [-0.15, -0.1) is 0 Å². The van der Waals surface area contributed by atoms with Gasteiger partial charge in [0.15, 0.2) is 0 Å². The predicted octanol–water partition coefficient (Wildman–Crippen LogP) is 3.25. The number of benzene rings is 1. The Morgan fingerprint density at radius 3 is 1.33 bits per heavy atom. The normalized spacial score (nSPS) is 16.9. The minimum absolute atomic E-state index is 0.146. The van der Waals surface area contributed by atoms with Gasteiger partial charge in [-0.05, 0) is 28.0 Å². The van der Waals surface area contributed by atoms with Gasteiger partial charge in [0.05, 0.1) is 11.1 Å². The Morgan fingerprint density at radius 2 is 1.00 bits per heavy atom. The van der Waals surface area contributed by atoms with Gasteiger partial charge in [-0.1, -0.05) is 47.6 Å². The van der Waals surface area contributed by atoms with Crippen LogP contribution < -0.4 is 0 Å². The van der Waals surface area contributed by atoms with E-state index in [1.165, 1.54) is 6.07 Å². The molecule has 0 fully saturated rings. The summed E-state index contributed by atoms with van der Waals surface area (Å²) in [5.41, 5.74) is 0.855. The van der Waals surface area contributed by atoms with Crippen LogP contribution in [0.25, 0.3) is 0 Å². The monoisotopic (exact) mass is 340 g/mol. The topological polar surface area (TPSA) is 89.5 Å². The molecule has 8 nitrogen and oxygen atoms in total. The number of fused-ring (bicyclic) bond motifs is 2. The Morgan fingerprint density at radius 1 is 0.625 bits per heavy atom. The van der Waals surface area contributed by atoms with E-state index in [0.717, 1.165) is 0 Å². The quantitative estimate of drug-likeness (QED) is 0.665. The highest BCUT2D eigenvalue weighted by molar-refractivity contribution is 5.97. The summed E-state index contributed by atoms with van der Waals surface area (Å²) in [6.07, 6.45) is 0. The first-order valence-corrected chi connectivity index (χ1v) is 7.30. The molecule has 0 radical (unpaired) electrons. The largest absolute Gasteiger partial charge is 0.376 e. The van der Waals surface area contributed by atoms with Crippen molar-refractivity contribution in [1.29, 1.82) is 0 Å². The van der Waals surface area contributed by atoms with Crippen LogP contribution in [0.1, 0.15) is 73.4 Å². The van der Waals surface area contributed by atoms with Crippen LogP contribution in [0.3, 0.4) is 0 Å². The maximum absolute atomic E-state index is 12.3. The van der Waals surface area contributed by atoms with E-state index in [1.54, 1.807) is 6.07 Å². The maximum Gasteiger partial charge on any atom is 0.376 e. The lowest BCUT2D eigenvalue weighted by Crippen LogP contribution is -2.24. The van der Waals surface area contributed by atoms with Gasteiger partial charge in [0.1, 0.15) is 0 Å². The minimum atomic E-state index is -0.847. The summed E-state index contributed by atoms with van der Waals surface area (Å²) >= 11 is 0. The summed E-state index contributed by atoms with van der Waals surface area (Å²) in [6.45, 7) is 11.6. The van der Waals surface area contributed by atoms with E-state index in [9.17, 15) is 9.59 Å². The highest BCUT2D eigenvalue weighted by atomic mass is 17.8. The number of carbonyl (C=O) groups excluding carboxylic acids is 2. The molecule has 1 aromatic carbocycles. The number of carbonyl (C=O) groups is 2. The molecule has 0 unspecified atom stereocenters. The molecular weight excluding hydrogens is 320 g/mol. The second kappa shape index (κ2) is 6.48. The van der Waals surface area contributed by atoms with Crippen LogP contribution in [0.2, 0.25) is 0 Å². The zero-order chi connectivity index (χ0) is 18.1. The molecular formula is C16H20O8. The summed E-state index contributed by atoms with van der Waals surface area (Å²) in [5, 5.41) is 16.1. The van der Waals surface area contributed by atoms with Crippen molar-refractivity contribution in [1.82, 2.24) is 0 Å². The van der Waals surface area contributed by atoms with Crippen molar-refractivity contribution in [3.8, 4) is 0 Å². The fourth-order valence-electron chi connectivity index (χ4n) is 2.38. The van der Waals surface area contributed by atoms with E-state index >= 15 is 0 Å². The molecule has 0 saturated carbocycles. The molecule has 0 aromatic heterocycles. The molecule has 24 heavy (non-hydrogen) atoms. The van der Waals surface area contributed by atoms with E-state index in [1.807, 2.05) is 41.5 Å². The van der Waals surface area contributed by atoms with E-state index in [0.29, 0.717) is 11.1 Å². The van der Waals surface area contributed by atoms with Crippen LogP contribution in [-0.4, -0.2) is 11.9 Å². The third-order valence-electron chi connectivity index (χ3n) is 3.52. The molecule has 2 bridgehead atoms. The minimum Gasteiger partial charge on any atom is -0.261 e. The van der Waals surface area contributed by atoms with Crippen LogP contribution in [0.4, 0.5) is 0 Å². The fraction of sp³-hybridized carbons (Fsp3) is 0.500. The first-order valence-electron chi connectivity index (χ1n) is 7.30. The van der Waals surface area contributed by atoms with Crippen LogP contribution >= 0.6 is 0 Å². The Kier molecular flexibility index (Phi) is 4.95. The van der Waals surface area contributed by atoms with Gasteiger partial charge in [-0.2, -0.15) is 0 Å². The summed E-state index contributed by atoms with van der Waals surface area (Å²) in [4.78, 5) is 33.5. The van der Waals surface area contributed by atoms with Gasteiger partial charge >= 0.3 is 11.9 Å². The Balaban J connectivity index is 2.74. The van der Waals surface area contributed by atoms with Crippen molar-refractivity contribution in [2.45, 2.75) is 52.4 Å². The molecule has 132 valence electrons. The van der Waals surface area contributed by atoms with E-state index in [-0.39, 0.29) is 11.1 Å². The molecule has 1 heterocycles. The van der Waals surface area contributed by atoms with Gasteiger partial charge in [0, 0.05) is 20.2 Å². The highest BCUT2D eigenvalue weighted by Gasteiger charge is 2.32. The molecule has 2 rings (SSSR count). The Hall–Kier alpha value is -2.00. The fourth-order valence-corrected chi connectivity index (χ4v) is 2.38. The standard InChI is InChI=1S/C16H20O8/c1-15(2,3)11-8-12(16(4,5)6)10-7-9(11)13(17)19-21-23-24-22-20-14(10)18/h7-8H,1-6H3. The molecule has 0 saturated heterocycles. The first-order chi connectivity index (χ1) is 11.0. The molecule has 1 aliphatic rings. The van der Waals surface area contributed by atoms with Gasteiger partial charge < -0.3 is 0 Å². The Labute approximate surface area is 139 Å². The molecule has 1 aliphatic heterocycles. The summed E-state index contributed by atoms with van der Waals surface area (Å²) in [7, 11) is 0. The average molecular weight is 340 g/mol. The van der Waals surface area contributed by atoms with E-state index in [2.05, 4.69) is 29.9 Å². The molecule has 0 aliphatic carbocycles. The zero-order valence-corrected chi connectivity index (χ0v) is 14.4. The van der Waals surface area contributed by atoms with Crippen molar-refractivity contribution < 1.29 is 39.5 Å². The second-order valence-corrected chi connectivity index (χ2v) is 7.46. The SMILES string of the molecule is CC(C)(C)c1cc(C(C)(C)C)c2cc1C(=O)OOOOOOC2=O. The van der Waals surface area contributed by atoms with Crippen LogP contribution in [-0.2, 0) is 40.8 Å². The first kappa shape index (κ1) is 18.3. The lowest BCUT2D eigenvalue weighted by molar-refractivity contribution is -0.740. The van der Waals surface area contributed by atoms with Crippen molar-refractivity contribution in [3.05, 3.63) is 34.4 Å². The van der Waals surface area contributed by atoms with Crippen LogP contribution in [0.5, 0.6) is 0 Å². The number of hydrogen-bond acceptors (Lipinski definition) is 8. The zero-order valence-electron chi connectivity index (χ0n) is 14.4. The third-order valence-corrected chi connectivity index (χ3v) is 3.52. The second-order valence-electron chi connectivity index (χ2n) is 7.46. The molecule has 8 heteroatoms. The van der Waals surface area contributed by atoms with Crippen LogP contribution in [0, 0.1) is 0 Å².